The van der Waals surface area contributed by atoms with Crippen LogP contribution in [0.2, 0.25) is 0 Å². The Morgan fingerprint density at radius 3 is 2.39 bits per heavy atom. The van der Waals surface area contributed by atoms with Crippen LogP contribution in [0.5, 0.6) is 0 Å². The van der Waals surface area contributed by atoms with Gasteiger partial charge in [-0.3, -0.25) is 14.5 Å². The molecule has 0 unspecified atom stereocenters. The Kier molecular flexibility index (Phi) is 8.17. The highest BCUT2D eigenvalue weighted by atomic mass is 16.5. The third-order valence-corrected chi connectivity index (χ3v) is 5.35. The van der Waals surface area contributed by atoms with E-state index in [1.54, 1.807) is 6.08 Å². The third-order valence-electron chi connectivity index (χ3n) is 5.35. The zero-order chi connectivity index (χ0) is 23.1. The molecule has 0 heterocycles. The van der Waals surface area contributed by atoms with Crippen LogP contribution in [0.4, 0.5) is 0 Å². The Morgan fingerprint density at radius 2 is 1.81 bits per heavy atom. The van der Waals surface area contributed by atoms with Gasteiger partial charge in [-0.25, -0.2) is 0 Å². The molecular formula is C26H34N2O3. The summed E-state index contributed by atoms with van der Waals surface area (Å²) >= 11 is 0. The van der Waals surface area contributed by atoms with Crippen LogP contribution in [0.1, 0.15) is 44.4 Å². The SMILES string of the molecule is C=CCN(CC=C)[C@@H]1C=C[C@](CC=C)(C(=O)OCC(C)(C)NC(C)=O)c2ccccc21. The highest BCUT2D eigenvalue weighted by Crippen LogP contribution is 2.43. The second-order valence-electron chi connectivity index (χ2n) is 8.53. The summed E-state index contributed by atoms with van der Waals surface area (Å²) in [5, 5.41) is 2.81. The molecule has 1 N–H and O–H groups in total. The van der Waals surface area contributed by atoms with Crippen LogP contribution in [0, 0.1) is 0 Å². The fraction of sp³-hybridized carbons (Fsp3) is 0.385. The van der Waals surface area contributed by atoms with Crippen LogP contribution in [-0.4, -0.2) is 42.0 Å². The lowest BCUT2D eigenvalue weighted by atomic mass is 9.70. The van der Waals surface area contributed by atoms with Crippen LogP contribution in [0.25, 0.3) is 0 Å². The Bertz CT molecular complexity index is 861. The average Bonchev–Trinajstić information content (AvgIpc) is 2.71. The van der Waals surface area contributed by atoms with Crippen molar-refractivity contribution < 1.29 is 14.3 Å². The molecule has 2 atom stereocenters. The summed E-state index contributed by atoms with van der Waals surface area (Å²) in [7, 11) is 0. The number of amides is 1. The fourth-order valence-corrected chi connectivity index (χ4v) is 4.12. The molecule has 1 amide bonds. The monoisotopic (exact) mass is 422 g/mol. The Hall–Kier alpha value is -2.92. The van der Waals surface area contributed by atoms with E-state index in [2.05, 4.69) is 42.1 Å². The van der Waals surface area contributed by atoms with Crippen molar-refractivity contribution in [2.24, 2.45) is 0 Å². The zero-order valence-corrected chi connectivity index (χ0v) is 18.9. The van der Waals surface area contributed by atoms with Crippen LogP contribution >= 0.6 is 0 Å². The summed E-state index contributed by atoms with van der Waals surface area (Å²) in [6, 6.07) is 7.94. The van der Waals surface area contributed by atoms with Crippen molar-refractivity contribution in [2.75, 3.05) is 19.7 Å². The summed E-state index contributed by atoms with van der Waals surface area (Å²) in [5.74, 6) is -0.524. The quantitative estimate of drug-likeness (QED) is 0.428. The van der Waals surface area contributed by atoms with Gasteiger partial charge in [0.25, 0.3) is 0 Å². The smallest absolute Gasteiger partial charge is 0.320 e. The topological polar surface area (TPSA) is 58.6 Å². The Morgan fingerprint density at radius 1 is 1.16 bits per heavy atom. The number of esters is 1. The molecule has 5 heteroatoms. The van der Waals surface area contributed by atoms with Gasteiger partial charge in [0, 0.05) is 20.0 Å². The molecule has 0 spiro atoms. The molecule has 2 rings (SSSR count). The fourth-order valence-electron chi connectivity index (χ4n) is 4.12. The van der Waals surface area contributed by atoms with E-state index >= 15 is 0 Å². The molecular weight excluding hydrogens is 388 g/mol. The molecule has 0 aromatic heterocycles. The number of carbonyl (C=O) groups excluding carboxylic acids is 2. The van der Waals surface area contributed by atoms with E-state index < -0.39 is 11.0 Å². The average molecular weight is 423 g/mol. The minimum atomic E-state index is -0.963. The lowest BCUT2D eigenvalue weighted by Gasteiger charge is -2.39. The van der Waals surface area contributed by atoms with Gasteiger partial charge in [-0.05, 0) is 31.4 Å². The second kappa shape index (κ2) is 10.4. The van der Waals surface area contributed by atoms with E-state index in [1.165, 1.54) is 6.92 Å². The number of rotatable bonds is 11. The largest absolute Gasteiger partial charge is 0.462 e. The van der Waals surface area contributed by atoms with Crippen molar-refractivity contribution in [3.63, 3.8) is 0 Å². The predicted octanol–water partition coefficient (Wildman–Crippen LogP) is 4.24. The van der Waals surface area contributed by atoms with E-state index in [9.17, 15) is 9.59 Å². The molecule has 0 fully saturated rings. The standard InChI is InChI=1S/C26H34N2O3/c1-7-15-26(24(30)31-19-25(5,6)27-20(4)29)16-14-23(28(17-8-2)18-9-3)21-12-10-11-13-22(21)26/h7-14,16,23H,1-3,15,17-19H2,4-6H3,(H,27,29)/t23-,26+/m1/s1. The van der Waals surface area contributed by atoms with E-state index in [0.29, 0.717) is 19.5 Å². The molecule has 0 saturated carbocycles. The van der Waals surface area contributed by atoms with Crippen molar-refractivity contribution in [1.82, 2.24) is 10.2 Å². The van der Waals surface area contributed by atoms with Crippen LogP contribution in [0.15, 0.2) is 74.4 Å². The molecule has 166 valence electrons. The van der Waals surface area contributed by atoms with E-state index in [-0.39, 0.29) is 24.5 Å². The van der Waals surface area contributed by atoms with Crippen LogP contribution in [0.3, 0.4) is 0 Å². The highest BCUT2D eigenvalue weighted by Gasteiger charge is 2.44. The molecule has 0 saturated heterocycles. The summed E-state index contributed by atoms with van der Waals surface area (Å²) in [6.07, 6.45) is 9.88. The normalized spacial score (nSPS) is 19.9. The number of benzene rings is 1. The molecule has 0 aliphatic heterocycles. The van der Waals surface area contributed by atoms with Gasteiger partial charge in [0.2, 0.25) is 5.91 Å². The first kappa shape index (κ1) is 24.4. The Balaban J connectivity index is 2.43. The van der Waals surface area contributed by atoms with Gasteiger partial charge in [0.15, 0.2) is 0 Å². The van der Waals surface area contributed by atoms with E-state index in [1.807, 2.05) is 50.3 Å². The van der Waals surface area contributed by atoms with Gasteiger partial charge in [0.1, 0.15) is 12.0 Å². The molecule has 0 bridgehead atoms. The van der Waals surface area contributed by atoms with Crippen molar-refractivity contribution in [1.29, 1.82) is 0 Å². The first-order chi connectivity index (χ1) is 14.7. The number of nitrogens with one attached hydrogen (secondary N) is 1. The van der Waals surface area contributed by atoms with Gasteiger partial charge in [-0.1, -0.05) is 54.6 Å². The van der Waals surface area contributed by atoms with Crippen molar-refractivity contribution >= 4 is 11.9 Å². The van der Waals surface area contributed by atoms with E-state index in [4.69, 9.17) is 4.74 Å². The first-order valence-corrected chi connectivity index (χ1v) is 10.5. The van der Waals surface area contributed by atoms with Crippen molar-refractivity contribution in [2.45, 2.75) is 44.2 Å². The number of nitrogens with zero attached hydrogens (tertiary/aromatic N) is 1. The number of hydrogen-bond acceptors (Lipinski definition) is 4. The number of allylic oxidation sites excluding steroid dienone is 1. The summed E-state index contributed by atoms with van der Waals surface area (Å²) in [5.41, 5.74) is 0.327. The predicted molar refractivity (Wildman–Crippen MR) is 126 cm³/mol. The van der Waals surface area contributed by atoms with E-state index in [0.717, 1.165) is 11.1 Å². The number of fused-ring (bicyclic) bond motifs is 1. The highest BCUT2D eigenvalue weighted by molar-refractivity contribution is 5.87. The molecule has 1 aliphatic carbocycles. The van der Waals surface area contributed by atoms with Crippen LogP contribution < -0.4 is 5.32 Å². The summed E-state index contributed by atoms with van der Waals surface area (Å²) in [6.45, 7) is 18.2. The minimum absolute atomic E-state index is 0.00578. The van der Waals surface area contributed by atoms with Crippen molar-refractivity contribution in [3.05, 3.63) is 85.5 Å². The van der Waals surface area contributed by atoms with Gasteiger partial charge < -0.3 is 10.1 Å². The van der Waals surface area contributed by atoms with Gasteiger partial charge in [-0.2, -0.15) is 0 Å². The molecule has 1 aromatic carbocycles. The molecule has 1 aliphatic rings. The molecule has 1 aromatic rings. The van der Waals surface area contributed by atoms with Gasteiger partial charge in [-0.15, -0.1) is 19.7 Å². The third kappa shape index (κ3) is 5.61. The lowest BCUT2D eigenvalue weighted by molar-refractivity contribution is -0.151. The lowest BCUT2D eigenvalue weighted by Crippen LogP contribution is -2.48. The number of carbonyl (C=O) groups is 2. The first-order valence-electron chi connectivity index (χ1n) is 10.5. The maximum Gasteiger partial charge on any atom is 0.320 e. The molecule has 31 heavy (non-hydrogen) atoms. The van der Waals surface area contributed by atoms with Gasteiger partial charge in [0.05, 0.1) is 11.6 Å². The number of hydrogen-bond donors (Lipinski definition) is 1. The summed E-state index contributed by atoms with van der Waals surface area (Å²) in [4.78, 5) is 27.1. The van der Waals surface area contributed by atoms with Gasteiger partial charge >= 0.3 is 5.97 Å². The van der Waals surface area contributed by atoms with Crippen LogP contribution in [-0.2, 0) is 19.7 Å². The zero-order valence-electron chi connectivity index (χ0n) is 18.9. The maximum atomic E-state index is 13.5. The number of ether oxygens (including phenoxy) is 1. The maximum absolute atomic E-state index is 13.5. The second-order valence-corrected chi connectivity index (χ2v) is 8.53. The van der Waals surface area contributed by atoms with Crippen molar-refractivity contribution in [3.8, 4) is 0 Å². The summed E-state index contributed by atoms with van der Waals surface area (Å²) < 4.78 is 5.75. The molecule has 5 nitrogen and oxygen atoms in total. The Labute approximate surface area is 186 Å². The minimum Gasteiger partial charge on any atom is -0.462 e. The molecule has 0 radical (unpaired) electrons.